The van der Waals surface area contributed by atoms with Gasteiger partial charge in [-0.1, -0.05) is 49.6 Å². The zero-order valence-electron chi connectivity index (χ0n) is 17.5. The number of thiocarbonyl (C=S) groups is 1. The molecule has 1 aliphatic carbocycles. The second-order valence-electron chi connectivity index (χ2n) is 7.52. The van der Waals surface area contributed by atoms with Crippen LogP contribution in [0.4, 0.5) is 5.69 Å². The maximum atomic E-state index is 12.9. The van der Waals surface area contributed by atoms with E-state index < -0.39 is 10.0 Å². The Labute approximate surface area is 189 Å². The molecule has 0 unspecified atom stereocenters. The number of carbonyl (C=O) groups is 1. The summed E-state index contributed by atoms with van der Waals surface area (Å²) in [5.41, 5.74) is 1.50. The van der Waals surface area contributed by atoms with Gasteiger partial charge in [-0.05, 0) is 61.0 Å². The molecule has 1 amide bonds. The molecule has 0 heterocycles. The van der Waals surface area contributed by atoms with Crippen LogP contribution in [-0.4, -0.2) is 36.8 Å². The molecule has 0 aliphatic heterocycles. The number of rotatable bonds is 6. The van der Waals surface area contributed by atoms with Gasteiger partial charge in [0.15, 0.2) is 5.11 Å². The highest BCUT2D eigenvalue weighted by Gasteiger charge is 2.28. The van der Waals surface area contributed by atoms with E-state index in [1.165, 1.54) is 16.8 Å². The summed E-state index contributed by atoms with van der Waals surface area (Å²) in [6, 6.07) is 15.9. The van der Waals surface area contributed by atoms with Gasteiger partial charge < -0.3 is 5.32 Å². The third-order valence-electron chi connectivity index (χ3n) is 5.34. The molecule has 2 N–H and O–H groups in total. The second-order valence-corrected chi connectivity index (χ2v) is 9.93. The highest BCUT2D eigenvalue weighted by Crippen LogP contribution is 2.27. The van der Waals surface area contributed by atoms with Gasteiger partial charge in [0.25, 0.3) is 0 Å². The maximum absolute atomic E-state index is 12.9. The molecule has 2 aromatic carbocycles. The van der Waals surface area contributed by atoms with Crippen LogP contribution in [0.15, 0.2) is 65.6 Å². The predicted molar refractivity (Wildman–Crippen MR) is 128 cm³/mol. The summed E-state index contributed by atoms with van der Waals surface area (Å²) >= 11 is 5.17. The fraction of sp³-hybridized carbons (Fsp3) is 0.304. The maximum Gasteiger partial charge on any atom is 0.250 e. The van der Waals surface area contributed by atoms with Crippen molar-refractivity contribution in [2.45, 2.75) is 43.0 Å². The van der Waals surface area contributed by atoms with E-state index in [-0.39, 0.29) is 22.0 Å². The second kappa shape index (κ2) is 10.7. The average molecular weight is 458 g/mol. The number of benzene rings is 2. The fourth-order valence-corrected chi connectivity index (χ4v) is 5.20. The van der Waals surface area contributed by atoms with Crippen molar-refractivity contribution >= 4 is 45.0 Å². The van der Waals surface area contributed by atoms with Crippen molar-refractivity contribution in [3.05, 3.63) is 66.2 Å². The molecule has 1 saturated carbocycles. The van der Waals surface area contributed by atoms with Crippen molar-refractivity contribution in [1.29, 1.82) is 0 Å². The van der Waals surface area contributed by atoms with Crippen LogP contribution in [0.3, 0.4) is 0 Å². The van der Waals surface area contributed by atoms with E-state index in [0.29, 0.717) is 5.69 Å². The monoisotopic (exact) mass is 457 g/mol. The van der Waals surface area contributed by atoms with Gasteiger partial charge >= 0.3 is 0 Å². The van der Waals surface area contributed by atoms with Crippen LogP contribution in [0.2, 0.25) is 0 Å². The van der Waals surface area contributed by atoms with Crippen LogP contribution in [0, 0.1) is 0 Å². The Morgan fingerprint density at radius 3 is 2.32 bits per heavy atom. The molecule has 8 heteroatoms. The molecular formula is C23H27N3O3S2. The number of carbonyl (C=O) groups excluding carboxylic acids is 1. The number of amides is 1. The molecule has 0 atom stereocenters. The van der Waals surface area contributed by atoms with Gasteiger partial charge in [-0.2, -0.15) is 4.31 Å². The van der Waals surface area contributed by atoms with E-state index >= 15 is 0 Å². The SMILES string of the molecule is CN(C1CCCCC1)S(=O)(=O)c1ccc(NC(=S)NC(=O)/C=C/c2ccccc2)cc1. The van der Waals surface area contributed by atoms with E-state index in [4.69, 9.17) is 12.2 Å². The van der Waals surface area contributed by atoms with Crippen molar-refractivity contribution in [3.8, 4) is 0 Å². The van der Waals surface area contributed by atoms with Crippen molar-refractivity contribution in [3.63, 3.8) is 0 Å². The Hall–Kier alpha value is -2.55. The Balaban J connectivity index is 1.56. The molecule has 0 aromatic heterocycles. The summed E-state index contributed by atoms with van der Waals surface area (Å²) in [6.07, 6.45) is 8.21. The Kier molecular flexibility index (Phi) is 7.95. The molecule has 2 aromatic rings. The minimum absolute atomic E-state index is 0.0586. The van der Waals surface area contributed by atoms with Crippen LogP contribution in [0.5, 0.6) is 0 Å². The van der Waals surface area contributed by atoms with E-state index in [9.17, 15) is 13.2 Å². The molecule has 0 bridgehead atoms. The summed E-state index contributed by atoms with van der Waals surface area (Å²) in [5, 5.41) is 5.61. The van der Waals surface area contributed by atoms with Crippen LogP contribution < -0.4 is 10.6 Å². The first kappa shape index (κ1) is 23.1. The minimum Gasteiger partial charge on any atom is -0.332 e. The van der Waals surface area contributed by atoms with Crippen molar-refractivity contribution in [2.75, 3.05) is 12.4 Å². The number of nitrogens with one attached hydrogen (secondary N) is 2. The molecule has 1 aliphatic rings. The highest BCUT2D eigenvalue weighted by molar-refractivity contribution is 7.89. The lowest BCUT2D eigenvalue weighted by Crippen LogP contribution is -2.38. The van der Waals surface area contributed by atoms with Gasteiger partial charge in [-0.25, -0.2) is 8.42 Å². The van der Waals surface area contributed by atoms with Crippen LogP contribution in [0.1, 0.15) is 37.7 Å². The third kappa shape index (κ3) is 6.46. The van der Waals surface area contributed by atoms with Gasteiger partial charge in [0.1, 0.15) is 0 Å². The van der Waals surface area contributed by atoms with Crippen molar-refractivity contribution in [1.82, 2.24) is 9.62 Å². The van der Waals surface area contributed by atoms with E-state index in [1.807, 2.05) is 30.3 Å². The molecule has 6 nitrogen and oxygen atoms in total. The van der Waals surface area contributed by atoms with Crippen molar-refractivity contribution in [2.24, 2.45) is 0 Å². The molecule has 0 radical (unpaired) electrons. The summed E-state index contributed by atoms with van der Waals surface area (Å²) < 4.78 is 27.3. The lowest BCUT2D eigenvalue weighted by molar-refractivity contribution is -0.115. The zero-order chi connectivity index (χ0) is 22.3. The smallest absolute Gasteiger partial charge is 0.250 e. The van der Waals surface area contributed by atoms with Gasteiger partial charge in [-0.15, -0.1) is 0 Å². The summed E-state index contributed by atoms with van der Waals surface area (Å²) in [7, 11) is -1.88. The molecule has 0 spiro atoms. The number of anilines is 1. The molecular weight excluding hydrogens is 430 g/mol. The standard InChI is InChI=1S/C23H27N3O3S2/c1-26(20-10-6-3-7-11-20)31(28,29)21-15-13-19(14-16-21)24-23(30)25-22(27)17-12-18-8-4-2-5-9-18/h2,4-5,8-9,12-17,20H,3,6-7,10-11H2,1H3,(H2,24,25,27,30)/b17-12+. The molecule has 164 valence electrons. The van der Waals surface area contributed by atoms with Crippen LogP contribution in [-0.2, 0) is 14.8 Å². The van der Waals surface area contributed by atoms with E-state index in [0.717, 1.165) is 31.2 Å². The van der Waals surface area contributed by atoms with E-state index in [1.54, 1.807) is 37.4 Å². The molecule has 3 rings (SSSR count). The van der Waals surface area contributed by atoms with E-state index in [2.05, 4.69) is 10.6 Å². The lowest BCUT2D eigenvalue weighted by Gasteiger charge is -2.30. The summed E-state index contributed by atoms with van der Waals surface area (Å²) in [6.45, 7) is 0. The molecule has 0 saturated heterocycles. The fourth-order valence-electron chi connectivity index (χ4n) is 3.57. The molecule has 31 heavy (non-hydrogen) atoms. The van der Waals surface area contributed by atoms with Gasteiger partial charge in [0, 0.05) is 24.9 Å². The summed E-state index contributed by atoms with van der Waals surface area (Å²) in [5.74, 6) is -0.352. The van der Waals surface area contributed by atoms with Gasteiger partial charge in [-0.3, -0.25) is 10.1 Å². The van der Waals surface area contributed by atoms with Crippen LogP contribution >= 0.6 is 12.2 Å². The summed E-state index contributed by atoms with van der Waals surface area (Å²) in [4.78, 5) is 12.3. The van der Waals surface area contributed by atoms with Crippen LogP contribution in [0.25, 0.3) is 6.08 Å². The third-order valence-corrected chi connectivity index (χ3v) is 7.47. The van der Waals surface area contributed by atoms with Crippen molar-refractivity contribution < 1.29 is 13.2 Å². The predicted octanol–water partition coefficient (Wildman–Crippen LogP) is 4.17. The number of sulfonamides is 1. The Morgan fingerprint density at radius 2 is 1.68 bits per heavy atom. The normalized spacial score (nSPS) is 15.2. The number of hydrogen-bond donors (Lipinski definition) is 2. The van der Waals surface area contributed by atoms with Gasteiger partial charge in [0.2, 0.25) is 15.9 Å². The first-order valence-corrected chi connectivity index (χ1v) is 12.1. The zero-order valence-corrected chi connectivity index (χ0v) is 19.1. The number of hydrogen-bond acceptors (Lipinski definition) is 4. The Bertz CT molecular complexity index is 1030. The highest BCUT2D eigenvalue weighted by atomic mass is 32.2. The Morgan fingerprint density at radius 1 is 1.03 bits per heavy atom. The van der Waals surface area contributed by atoms with Gasteiger partial charge in [0.05, 0.1) is 4.90 Å². The lowest BCUT2D eigenvalue weighted by atomic mass is 9.96. The first-order valence-electron chi connectivity index (χ1n) is 10.3. The minimum atomic E-state index is -3.54. The first-order chi connectivity index (χ1) is 14.9. The number of nitrogens with zero attached hydrogens (tertiary/aromatic N) is 1. The molecule has 1 fully saturated rings. The topological polar surface area (TPSA) is 78.5 Å². The quantitative estimate of drug-likeness (QED) is 0.503. The average Bonchev–Trinajstić information content (AvgIpc) is 2.78. The largest absolute Gasteiger partial charge is 0.332 e.